The van der Waals surface area contributed by atoms with Crippen molar-refractivity contribution in [2.75, 3.05) is 17.2 Å². The van der Waals surface area contributed by atoms with Crippen LogP contribution in [0.25, 0.3) is 0 Å². The second kappa shape index (κ2) is 4.00. The molecule has 0 spiro atoms. The smallest absolute Gasteiger partial charge is 0.240 e. The van der Waals surface area contributed by atoms with Crippen molar-refractivity contribution in [3.05, 3.63) is 24.0 Å². The van der Waals surface area contributed by atoms with Crippen LogP contribution in [0, 0.1) is 5.82 Å². The highest BCUT2D eigenvalue weighted by atomic mass is 19.1. The molecule has 1 atom stereocenters. The van der Waals surface area contributed by atoms with Crippen molar-refractivity contribution in [3.8, 4) is 0 Å². The molecule has 0 saturated carbocycles. The monoisotopic (exact) mass is 223 g/mol. The van der Waals surface area contributed by atoms with Gasteiger partial charge in [0.05, 0.1) is 0 Å². The maximum absolute atomic E-state index is 13.2. The van der Waals surface area contributed by atoms with E-state index >= 15 is 0 Å². The number of hydrogen-bond acceptors (Lipinski definition) is 3. The fourth-order valence-electron chi connectivity index (χ4n) is 2.13. The number of carbonyl (C=O) groups excluding carboxylic acids is 1. The molecule has 4 nitrogen and oxygen atoms in total. The highest BCUT2D eigenvalue weighted by molar-refractivity contribution is 5.84. The van der Waals surface area contributed by atoms with Crippen molar-refractivity contribution in [1.82, 2.24) is 0 Å². The van der Waals surface area contributed by atoms with E-state index in [0.717, 1.165) is 6.42 Å². The molecule has 0 aromatic heterocycles. The molecule has 1 aliphatic rings. The van der Waals surface area contributed by atoms with Crippen LogP contribution in [0.4, 0.5) is 15.8 Å². The predicted octanol–water partition coefficient (Wildman–Crippen LogP) is 0.862. The van der Waals surface area contributed by atoms with Crippen molar-refractivity contribution in [1.29, 1.82) is 0 Å². The van der Waals surface area contributed by atoms with Crippen LogP contribution in [0.1, 0.15) is 12.8 Å². The van der Waals surface area contributed by atoms with E-state index in [9.17, 15) is 9.18 Å². The Kier molecular flexibility index (Phi) is 2.68. The first kappa shape index (κ1) is 10.7. The molecule has 1 aromatic carbocycles. The number of anilines is 2. The van der Waals surface area contributed by atoms with Gasteiger partial charge in [-0.2, -0.15) is 0 Å². The molecule has 4 N–H and O–H groups in total. The van der Waals surface area contributed by atoms with E-state index in [1.807, 2.05) is 4.90 Å². The molecule has 1 fully saturated rings. The number of rotatable bonds is 2. The van der Waals surface area contributed by atoms with Gasteiger partial charge in [0.15, 0.2) is 0 Å². The topological polar surface area (TPSA) is 72.4 Å². The minimum absolute atomic E-state index is 0.346. The molecule has 1 amide bonds. The first-order chi connectivity index (χ1) is 7.58. The van der Waals surface area contributed by atoms with Crippen LogP contribution in [-0.4, -0.2) is 18.5 Å². The van der Waals surface area contributed by atoms with Gasteiger partial charge in [0.1, 0.15) is 11.9 Å². The molecule has 86 valence electrons. The third-order valence-electron chi connectivity index (χ3n) is 2.82. The van der Waals surface area contributed by atoms with Crippen LogP contribution in [0.2, 0.25) is 0 Å². The van der Waals surface area contributed by atoms with Gasteiger partial charge in [0.2, 0.25) is 5.91 Å². The summed E-state index contributed by atoms with van der Waals surface area (Å²) in [5, 5.41) is 0. The standard InChI is InChI=1S/C11H14FN3O/c12-7-4-8(13)6-9(5-7)15-3-1-2-10(15)11(14)16/h4-6,10H,1-3,13H2,(H2,14,16). The van der Waals surface area contributed by atoms with Crippen molar-refractivity contribution >= 4 is 17.3 Å². The molecule has 5 heteroatoms. The van der Waals surface area contributed by atoms with Gasteiger partial charge in [-0.05, 0) is 31.0 Å². The number of halogens is 1. The van der Waals surface area contributed by atoms with Gasteiger partial charge in [-0.3, -0.25) is 4.79 Å². The van der Waals surface area contributed by atoms with E-state index in [1.54, 1.807) is 6.07 Å². The highest BCUT2D eigenvalue weighted by Crippen LogP contribution is 2.27. The van der Waals surface area contributed by atoms with E-state index in [2.05, 4.69) is 0 Å². The number of amides is 1. The molecular weight excluding hydrogens is 209 g/mol. The third-order valence-corrected chi connectivity index (χ3v) is 2.82. The Bertz CT molecular complexity index is 401. The first-order valence-electron chi connectivity index (χ1n) is 5.20. The van der Waals surface area contributed by atoms with E-state index < -0.39 is 5.82 Å². The number of carbonyl (C=O) groups is 1. The lowest BCUT2D eigenvalue weighted by molar-refractivity contribution is -0.119. The second-order valence-corrected chi connectivity index (χ2v) is 4.00. The van der Waals surface area contributed by atoms with Gasteiger partial charge in [-0.15, -0.1) is 0 Å². The fourth-order valence-corrected chi connectivity index (χ4v) is 2.13. The van der Waals surface area contributed by atoms with Gasteiger partial charge < -0.3 is 16.4 Å². The van der Waals surface area contributed by atoms with Crippen molar-refractivity contribution in [2.24, 2.45) is 5.73 Å². The van der Waals surface area contributed by atoms with E-state index in [-0.39, 0.29) is 11.9 Å². The van der Waals surface area contributed by atoms with Crippen LogP contribution >= 0.6 is 0 Å². The zero-order valence-electron chi connectivity index (χ0n) is 8.82. The summed E-state index contributed by atoms with van der Waals surface area (Å²) in [5.41, 5.74) is 11.8. The Balaban J connectivity index is 2.32. The minimum atomic E-state index is -0.398. The lowest BCUT2D eigenvalue weighted by atomic mass is 10.2. The lowest BCUT2D eigenvalue weighted by Gasteiger charge is -2.24. The number of primary amides is 1. The fraction of sp³-hybridized carbons (Fsp3) is 0.364. The number of hydrogen-bond donors (Lipinski definition) is 2. The average molecular weight is 223 g/mol. The van der Waals surface area contributed by atoms with Crippen LogP contribution < -0.4 is 16.4 Å². The summed E-state index contributed by atoms with van der Waals surface area (Å²) in [6.45, 7) is 0.705. The molecule has 0 aliphatic carbocycles. The maximum atomic E-state index is 13.2. The van der Waals surface area contributed by atoms with Gasteiger partial charge in [-0.1, -0.05) is 0 Å². The van der Waals surface area contributed by atoms with Crippen molar-refractivity contribution in [2.45, 2.75) is 18.9 Å². The Labute approximate surface area is 93.0 Å². The molecule has 2 rings (SSSR count). The first-order valence-corrected chi connectivity index (χ1v) is 5.20. The summed E-state index contributed by atoms with van der Waals surface area (Å²) >= 11 is 0. The SMILES string of the molecule is NC(=O)C1CCCN1c1cc(N)cc(F)c1. The largest absolute Gasteiger partial charge is 0.399 e. The quantitative estimate of drug-likeness (QED) is 0.730. The molecule has 0 bridgehead atoms. The predicted molar refractivity (Wildman–Crippen MR) is 60.4 cm³/mol. The molecule has 16 heavy (non-hydrogen) atoms. The maximum Gasteiger partial charge on any atom is 0.240 e. The van der Waals surface area contributed by atoms with Crippen molar-refractivity contribution in [3.63, 3.8) is 0 Å². The van der Waals surface area contributed by atoms with Crippen LogP contribution in [-0.2, 0) is 4.79 Å². The molecule has 1 aliphatic heterocycles. The summed E-state index contributed by atoms with van der Waals surface area (Å²) in [4.78, 5) is 13.0. The van der Waals surface area contributed by atoms with E-state index in [4.69, 9.17) is 11.5 Å². The number of benzene rings is 1. The van der Waals surface area contributed by atoms with Crippen LogP contribution in [0.3, 0.4) is 0 Å². The molecule has 1 saturated heterocycles. The van der Waals surface area contributed by atoms with E-state index in [1.165, 1.54) is 12.1 Å². The summed E-state index contributed by atoms with van der Waals surface area (Å²) in [7, 11) is 0. The summed E-state index contributed by atoms with van der Waals surface area (Å²) in [6, 6.07) is 3.93. The third kappa shape index (κ3) is 1.93. The number of nitrogens with zero attached hydrogens (tertiary/aromatic N) is 1. The molecule has 1 aromatic rings. The number of nitrogen functional groups attached to an aromatic ring is 1. The van der Waals surface area contributed by atoms with Crippen LogP contribution in [0.5, 0.6) is 0 Å². The second-order valence-electron chi connectivity index (χ2n) is 4.00. The summed E-state index contributed by atoms with van der Waals surface area (Å²) < 4.78 is 13.2. The molecule has 0 radical (unpaired) electrons. The lowest BCUT2D eigenvalue weighted by Crippen LogP contribution is -2.40. The van der Waals surface area contributed by atoms with Crippen LogP contribution in [0.15, 0.2) is 18.2 Å². The Hall–Kier alpha value is -1.78. The highest BCUT2D eigenvalue weighted by Gasteiger charge is 2.29. The zero-order chi connectivity index (χ0) is 11.7. The Morgan fingerprint density at radius 1 is 1.44 bits per heavy atom. The number of nitrogens with two attached hydrogens (primary N) is 2. The summed E-state index contributed by atoms with van der Waals surface area (Å²) in [5.74, 6) is -0.773. The zero-order valence-corrected chi connectivity index (χ0v) is 8.82. The Morgan fingerprint density at radius 2 is 2.19 bits per heavy atom. The van der Waals surface area contributed by atoms with Gasteiger partial charge in [0.25, 0.3) is 0 Å². The molecule has 1 heterocycles. The average Bonchev–Trinajstić information content (AvgIpc) is 2.63. The van der Waals surface area contributed by atoms with Crippen molar-refractivity contribution < 1.29 is 9.18 Å². The Morgan fingerprint density at radius 3 is 2.81 bits per heavy atom. The molecule has 1 unspecified atom stereocenters. The minimum Gasteiger partial charge on any atom is -0.399 e. The van der Waals surface area contributed by atoms with Gasteiger partial charge in [0, 0.05) is 17.9 Å². The summed E-state index contributed by atoms with van der Waals surface area (Å²) in [6.07, 6.45) is 1.59. The van der Waals surface area contributed by atoms with E-state index in [0.29, 0.717) is 24.3 Å². The van der Waals surface area contributed by atoms with Gasteiger partial charge >= 0.3 is 0 Å². The van der Waals surface area contributed by atoms with Gasteiger partial charge in [-0.25, -0.2) is 4.39 Å². The normalized spacial score (nSPS) is 20.1. The molecular formula is C11H14FN3O.